The molecule has 0 spiro atoms. The van der Waals surface area contributed by atoms with Gasteiger partial charge in [0.2, 0.25) is 5.91 Å². The van der Waals surface area contributed by atoms with Crippen molar-refractivity contribution in [3.05, 3.63) is 58.6 Å². The number of hydrogen-bond donors (Lipinski definition) is 1. The molecule has 0 radical (unpaired) electrons. The number of thioether (sulfide) groups is 1. The van der Waals surface area contributed by atoms with Crippen LogP contribution in [-0.2, 0) is 14.3 Å². The van der Waals surface area contributed by atoms with Crippen LogP contribution >= 0.6 is 11.8 Å². The molecular formula is C18H18N2O3S. The van der Waals surface area contributed by atoms with Crippen LogP contribution in [0.4, 0.5) is 0 Å². The zero-order chi connectivity index (χ0) is 17.7. The Morgan fingerprint density at radius 2 is 2.12 bits per heavy atom. The van der Waals surface area contributed by atoms with Gasteiger partial charge in [-0.1, -0.05) is 35.9 Å². The third-order valence-electron chi connectivity index (χ3n) is 3.77. The van der Waals surface area contributed by atoms with E-state index in [4.69, 9.17) is 4.74 Å². The third kappa shape index (κ3) is 3.52. The summed E-state index contributed by atoms with van der Waals surface area (Å²) in [5.74, 6) is -2.31. The van der Waals surface area contributed by atoms with E-state index in [9.17, 15) is 14.9 Å². The van der Waals surface area contributed by atoms with Gasteiger partial charge in [-0.2, -0.15) is 5.26 Å². The smallest absolute Gasteiger partial charge is 0.319 e. The molecule has 0 saturated carbocycles. The molecule has 1 aromatic carbocycles. The fourth-order valence-corrected chi connectivity index (χ4v) is 3.38. The van der Waals surface area contributed by atoms with E-state index < -0.39 is 23.7 Å². The zero-order valence-electron chi connectivity index (χ0n) is 13.5. The van der Waals surface area contributed by atoms with Crippen LogP contribution in [0.25, 0.3) is 0 Å². The molecule has 0 aromatic heterocycles. The van der Waals surface area contributed by atoms with Crippen LogP contribution < -0.4 is 5.32 Å². The largest absolute Gasteiger partial charge is 0.468 e. The summed E-state index contributed by atoms with van der Waals surface area (Å²) in [5.41, 5.74) is 2.15. The highest BCUT2D eigenvalue weighted by molar-refractivity contribution is 8.03. The van der Waals surface area contributed by atoms with Gasteiger partial charge < -0.3 is 10.1 Å². The van der Waals surface area contributed by atoms with Crippen molar-refractivity contribution < 1.29 is 14.3 Å². The second-order valence-corrected chi connectivity index (χ2v) is 6.36. The first-order chi connectivity index (χ1) is 11.5. The van der Waals surface area contributed by atoms with Crippen molar-refractivity contribution in [2.75, 3.05) is 12.9 Å². The lowest BCUT2D eigenvalue weighted by molar-refractivity contribution is -0.150. The Hall–Kier alpha value is -2.52. The van der Waals surface area contributed by atoms with Gasteiger partial charge in [-0.15, -0.1) is 18.3 Å². The van der Waals surface area contributed by atoms with E-state index >= 15 is 0 Å². The molecule has 6 heteroatoms. The number of carbonyl (C=O) groups is 2. The van der Waals surface area contributed by atoms with Gasteiger partial charge in [-0.3, -0.25) is 9.59 Å². The minimum absolute atomic E-state index is 0.362. The fourth-order valence-electron chi connectivity index (χ4n) is 2.60. The number of nitrogens with zero attached hydrogens (tertiary/aromatic N) is 1. The molecule has 1 aliphatic rings. The summed E-state index contributed by atoms with van der Waals surface area (Å²) in [4.78, 5) is 24.7. The van der Waals surface area contributed by atoms with Crippen LogP contribution in [0.5, 0.6) is 0 Å². The molecule has 0 aliphatic carbocycles. The van der Waals surface area contributed by atoms with Crippen LogP contribution in [0.1, 0.15) is 17.0 Å². The van der Waals surface area contributed by atoms with E-state index in [0.29, 0.717) is 16.4 Å². The maximum absolute atomic E-state index is 12.5. The maximum atomic E-state index is 12.5. The van der Waals surface area contributed by atoms with Gasteiger partial charge in [-0.05, 0) is 12.5 Å². The van der Waals surface area contributed by atoms with Gasteiger partial charge in [0.1, 0.15) is 5.92 Å². The lowest BCUT2D eigenvalue weighted by Gasteiger charge is -2.30. The van der Waals surface area contributed by atoms with E-state index in [2.05, 4.69) is 18.0 Å². The van der Waals surface area contributed by atoms with Crippen molar-refractivity contribution in [3.63, 3.8) is 0 Å². The minimum Gasteiger partial charge on any atom is -0.468 e. The predicted octanol–water partition coefficient (Wildman–Crippen LogP) is 2.65. The van der Waals surface area contributed by atoms with Gasteiger partial charge in [0, 0.05) is 11.7 Å². The van der Waals surface area contributed by atoms with E-state index in [1.54, 1.807) is 6.08 Å². The number of methoxy groups -OCH3 is 1. The summed E-state index contributed by atoms with van der Waals surface area (Å²) >= 11 is 1.31. The molecule has 1 aromatic rings. The van der Waals surface area contributed by atoms with E-state index in [0.717, 1.165) is 11.1 Å². The molecule has 2 atom stereocenters. The number of esters is 1. The van der Waals surface area contributed by atoms with Crippen molar-refractivity contribution in [3.8, 4) is 6.07 Å². The predicted molar refractivity (Wildman–Crippen MR) is 92.9 cm³/mol. The van der Waals surface area contributed by atoms with E-state index in [1.165, 1.54) is 18.9 Å². The highest BCUT2D eigenvalue weighted by Crippen LogP contribution is 2.40. The number of benzene rings is 1. The zero-order valence-corrected chi connectivity index (χ0v) is 14.4. The summed E-state index contributed by atoms with van der Waals surface area (Å²) in [5, 5.41) is 12.8. The Morgan fingerprint density at radius 3 is 2.67 bits per heavy atom. The van der Waals surface area contributed by atoms with Gasteiger partial charge in [-0.25, -0.2) is 0 Å². The van der Waals surface area contributed by atoms with Gasteiger partial charge >= 0.3 is 5.97 Å². The molecule has 0 fully saturated rings. The van der Waals surface area contributed by atoms with Crippen molar-refractivity contribution in [1.29, 1.82) is 5.26 Å². The van der Waals surface area contributed by atoms with Crippen LogP contribution in [0.15, 0.2) is 47.5 Å². The number of aryl methyl sites for hydroxylation is 1. The van der Waals surface area contributed by atoms with Crippen LogP contribution in [0.2, 0.25) is 0 Å². The Bertz CT molecular complexity index is 732. The summed E-state index contributed by atoms with van der Waals surface area (Å²) in [7, 11) is 1.24. The number of rotatable bonds is 5. The van der Waals surface area contributed by atoms with Crippen LogP contribution in [-0.4, -0.2) is 24.7 Å². The molecule has 0 saturated heterocycles. The summed E-state index contributed by atoms with van der Waals surface area (Å²) in [6.45, 7) is 5.59. The van der Waals surface area contributed by atoms with E-state index in [-0.39, 0.29) is 0 Å². The van der Waals surface area contributed by atoms with Crippen LogP contribution in [0.3, 0.4) is 0 Å². The average Bonchev–Trinajstić information content (AvgIpc) is 2.59. The van der Waals surface area contributed by atoms with Gasteiger partial charge in [0.05, 0.1) is 23.8 Å². The van der Waals surface area contributed by atoms with Crippen molar-refractivity contribution in [1.82, 2.24) is 5.32 Å². The second-order valence-electron chi connectivity index (χ2n) is 5.33. The molecule has 124 valence electrons. The maximum Gasteiger partial charge on any atom is 0.319 e. The molecule has 24 heavy (non-hydrogen) atoms. The molecule has 1 heterocycles. The molecule has 1 amide bonds. The van der Waals surface area contributed by atoms with E-state index in [1.807, 2.05) is 31.2 Å². The van der Waals surface area contributed by atoms with Crippen molar-refractivity contribution >= 4 is 23.6 Å². The molecule has 1 N–H and O–H groups in total. The molecule has 0 bridgehead atoms. The second kappa shape index (κ2) is 7.84. The number of nitrogens with one attached hydrogen (secondary N) is 1. The minimum atomic E-state index is -1.08. The normalized spacial score (nSPS) is 20.1. The first-order valence-corrected chi connectivity index (χ1v) is 8.35. The Morgan fingerprint density at radius 1 is 1.46 bits per heavy atom. The molecular weight excluding hydrogens is 324 g/mol. The number of hydrogen-bond acceptors (Lipinski definition) is 5. The number of carbonyl (C=O) groups excluding carboxylic acids is 2. The first kappa shape index (κ1) is 17.8. The summed E-state index contributed by atoms with van der Waals surface area (Å²) in [6, 6.07) is 9.61. The lowest BCUT2D eigenvalue weighted by atomic mass is 9.78. The summed E-state index contributed by atoms with van der Waals surface area (Å²) < 4.78 is 4.79. The number of ether oxygens (including phenoxy) is 1. The molecule has 2 rings (SSSR count). The summed E-state index contributed by atoms with van der Waals surface area (Å²) in [6.07, 6.45) is 1.69. The first-order valence-electron chi connectivity index (χ1n) is 7.36. The third-order valence-corrected chi connectivity index (χ3v) is 4.78. The average molecular weight is 342 g/mol. The topological polar surface area (TPSA) is 79.2 Å². The fraction of sp³-hybridized carbons (Fsp3) is 0.278. The SMILES string of the molecule is C=CCSC1=C(C#N)C(c2ccc(C)cc2)[C@@H](C(=O)OC)C(=O)N1. The monoisotopic (exact) mass is 342 g/mol. The number of amides is 1. The molecule has 1 aliphatic heterocycles. The highest BCUT2D eigenvalue weighted by atomic mass is 32.2. The molecule has 5 nitrogen and oxygen atoms in total. The van der Waals surface area contributed by atoms with Gasteiger partial charge in [0.15, 0.2) is 0 Å². The van der Waals surface area contributed by atoms with Crippen LogP contribution in [0, 0.1) is 24.2 Å². The highest BCUT2D eigenvalue weighted by Gasteiger charge is 2.44. The Labute approximate surface area is 145 Å². The number of nitriles is 1. The molecule has 1 unspecified atom stereocenters. The Balaban J connectivity index is 2.59. The lowest BCUT2D eigenvalue weighted by Crippen LogP contribution is -2.44. The standard InChI is InChI=1S/C18H18N2O3S/c1-4-9-24-17-13(10-19)14(12-7-5-11(2)6-8-12)15(16(21)20-17)18(22)23-3/h4-8,14-15H,1,9H2,2-3H3,(H,20,21)/t14?,15-/m1/s1. The van der Waals surface area contributed by atoms with Crippen molar-refractivity contribution in [2.24, 2.45) is 5.92 Å². The number of allylic oxidation sites excluding steroid dienone is 1. The van der Waals surface area contributed by atoms with Crippen molar-refractivity contribution in [2.45, 2.75) is 12.8 Å². The quantitative estimate of drug-likeness (QED) is 0.505. The van der Waals surface area contributed by atoms with Gasteiger partial charge in [0.25, 0.3) is 0 Å². The Kier molecular flexibility index (Phi) is 5.83.